The number of benzene rings is 3. The van der Waals surface area contributed by atoms with Gasteiger partial charge in [0.1, 0.15) is 0 Å². The van der Waals surface area contributed by atoms with Gasteiger partial charge in [-0.05, 0) is 29.3 Å². The van der Waals surface area contributed by atoms with Gasteiger partial charge in [-0.25, -0.2) is 0 Å². The molecule has 1 heterocycles. The number of hydrogen-bond donors (Lipinski definition) is 0. The maximum Gasteiger partial charge on any atom is 0.165 e. The lowest BCUT2D eigenvalue weighted by atomic mass is 9.84. The number of rotatable bonds is 3. The molecule has 3 heteroatoms. The summed E-state index contributed by atoms with van der Waals surface area (Å²) < 4.78 is 0. The second kappa shape index (κ2) is 6.58. The minimum Gasteiger partial charge on any atom is -0.294 e. The molecule has 120 valence electrons. The number of nitriles is 1. The van der Waals surface area contributed by atoms with Crippen molar-refractivity contribution in [3.8, 4) is 6.07 Å². The summed E-state index contributed by atoms with van der Waals surface area (Å²) in [7, 11) is 0. The van der Waals surface area contributed by atoms with Gasteiger partial charge in [-0.1, -0.05) is 66.4 Å². The SMILES string of the molecule is N#Cc1ccccc1C(=O)CC1c2ccccc2Sc2ccccc21. The Hall–Kier alpha value is -2.83. The third-order valence-corrected chi connectivity index (χ3v) is 5.73. The molecule has 0 N–H and O–H groups in total. The molecular weight excluding hydrogens is 326 g/mol. The summed E-state index contributed by atoms with van der Waals surface area (Å²) in [6.07, 6.45) is 0.368. The van der Waals surface area contributed by atoms with E-state index < -0.39 is 0 Å². The van der Waals surface area contributed by atoms with E-state index >= 15 is 0 Å². The molecule has 0 radical (unpaired) electrons. The van der Waals surface area contributed by atoms with Crippen molar-refractivity contribution < 1.29 is 4.79 Å². The number of carbonyl (C=O) groups excluding carboxylic acids is 1. The first-order chi connectivity index (χ1) is 12.3. The van der Waals surface area contributed by atoms with Gasteiger partial charge in [0, 0.05) is 27.7 Å². The summed E-state index contributed by atoms with van der Waals surface area (Å²) in [6.45, 7) is 0. The molecule has 0 amide bonds. The maximum absolute atomic E-state index is 13.0. The van der Waals surface area contributed by atoms with Crippen LogP contribution in [0.1, 0.15) is 39.4 Å². The highest BCUT2D eigenvalue weighted by Crippen LogP contribution is 2.47. The molecule has 1 aliphatic rings. The molecule has 0 bridgehead atoms. The van der Waals surface area contributed by atoms with Crippen molar-refractivity contribution in [2.24, 2.45) is 0 Å². The van der Waals surface area contributed by atoms with Crippen LogP contribution in [0.4, 0.5) is 0 Å². The topological polar surface area (TPSA) is 40.9 Å². The monoisotopic (exact) mass is 341 g/mol. The second-order valence-corrected chi connectivity index (χ2v) is 7.10. The van der Waals surface area contributed by atoms with E-state index in [9.17, 15) is 10.1 Å². The van der Waals surface area contributed by atoms with Crippen molar-refractivity contribution in [3.05, 3.63) is 95.1 Å². The van der Waals surface area contributed by atoms with Crippen LogP contribution < -0.4 is 0 Å². The van der Waals surface area contributed by atoms with Gasteiger partial charge in [-0.3, -0.25) is 4.79 Å². The molecule has 0 aromatic heterocycles. The van der Waals surface area contributed by atoms with Crippen molar-refractivity contribution in [2.75, 3.05) is 0 Å². The number of hydrogen-bond acceptors (Lipinski definition) is 3. The van der Waals surface area contributed by atoms with Gasteiger partial charge in [0.05, 0.1) is 11.6 Å². The van der Waals surface area contributed by atoms with Crippen LogP contribution in [0.25, 0.3) is 0 Å². The van der Waals surface area contributed by atoms with Crippen molar-refractivity contribution in [1.29, 1.82) is 5.26 Å². The predicted molar refractivity (Wildman–Crippen MR) is 99.0 cm³/mol. The fourth-order valence-electron chi connectivity index (χ4n) is 3.35. The fraction of sp³-hybridized carbons (Fsp3) is 0.0909. The van der Waals surface area contributed by atoms with Crippen LogP contribution in [0.2, 0.25) is 0 Å². The van der Waals surface area contributed by atoms with Crippen LogP contribution in [0.15, 0.2) is 82.6 Å². The Morgan fingerprint density at radius 1 is 0.880 bits per heavy atom. The van der Waals surface area contributed by atoms with Gasteiger partial charge in [0.15, 0.2) is 5.78 Å². The minimum atomic E-state index is 0.0126. The molecular formula is C22H15NOS. The smallest absolute Gasteiger partial charge is 0.165 e. The Bertz CT molecular complexity index is 957. The molecule has 3 aromatic carbocycles. The van der Waals surface area contributed by atoms with E-state index in [1.165, 1.54) is 20.9 Å². The second-order valence-electron chi connectivity index (χ2n) is 6.01. The number of carbonyl (C=O) groups is 1. The Morgan fingerprint density at radius 3 is 2.08 bits per heavy atom. The van der Waals surface area contributed by atoms with E-state index in [0.717, 1.165) is 0 Å². The molecule has 0 fully saturated rings. The minimum absolute atomic E-state index is 0.0126. The number of ketones is 1. The lowest BCUT2D eigenvalue weighted by Gasteiger charge is -2.27. The molecule has 0 unspecified atom stereocenters. The van der Waals surface area contributed by atoms with E-state index in [-0.39, 0.29) is 11.7 Å². The predicted octanol–water partition coefficient (Wildman–Crippen LogP) is 5.43. The fourth-order valence-corrected chi connectivity index (χ4v) is 4.53. The maximum atomic E-state index is 13.0. The van der Waals surface area contributed by atoms with Crippen LogP contribution in [-0.4, -0.2) is 5.78 Å². The van der Waals surface area contributed by atoms with E-state index in [0.29, 0.717) is 17.5 Å². The highest BCUT2D eigenvalue weighted by atomic mass is 32.2. The van der Waals surface area contributed by atoms with Crippen LogP contribution >= 0.6 is 11.8 Å². The van der Waals surface area contributed by atoms with Crippen molar-refractivity contribution >= 4 is 17.5 Å². The average molecular weight is 341 g/mol. The van der Waals surface area contributed by atoms with Crippen LogP contribution in [0.5, 0.6) is 0 Å². The number of fused-ring (bicyclic) bond motifs is 2. The summed E-state index contributed by atoms with van der Waals surface area (Å²) >= 11 is 1.75. The molecule has 0 atom stereocenters. The van der Waals surface area contributed by atoms with Gasteiger partial charge in [-0.15, -0.1) is 0 Å². The Balaban J connectivity index is 1.76. The van der Waals surface area contributed by atoms with Gasteiger partial charge in [-0.2, -0.15) is 5.26 Å². The van der Waals surface area contributed by atoms with E-state index in [1.807, 2.05) is 30.3 Å². The Morgan fingerprint density at radius 2 is 1.44 bits per heavy atom. The largest absolute Gasteiger partial charge is 0.294 e. The molecule has 0 aliphatic carbocycles. The quantitative estimate of drug-likeness (QED) is 0.597. The lowest BCUT2D eigenvalue weighted by molar-refractivity contribution is 0.0976. The molecule has 0 spiro atoms. The zero-order valence-electron chi connectivity index (χ0n) is 13.5. The number of nitrogens with zero attached hydrogens (tertiary/aromatic N) is 1. The molecule has 0 saturated carbocycles. The molecule has 1 aliphatic heterocycles. The first-order valence-corrected chi connectivity index (χ1v) is 8.97. The highest BCUT2D eigenvalue weighted by molar-refractivity contribution is 7.99. The summed E-state index contributed by atoms with van der Waals surface area (Å²) in [5.74, 6) is 0.0338. The van der Waals surface area contributed by atoms with Gasteiger partial charge < -0.3 is 0 Å². The highest BCUT2D eigenvalue weighted by Gasteiger charge is 2.28. The molecule has 25 heavy (non-hydrogen) atoms. The lowest BCUT2D eigenvalue weighted by Crippen LogP contribution is -2.14. The van der Waals surface area contributed by atoms with Crippen LogP contribution in [0, 0.1) is 11.3 Å². The summed E-state index contributed by atoms with van der Waals surface area (Å²) in [6, 6.07) is 25.7. The van der Waals surface area contributed by atoms with E-state index in [1.54, 1.807) is 30.0 Å². The first kappa shape index (κ1) is 15.7. The first-order valence-electron chi connectivity index (χ1n) is 8.16. The van der Waals surface area contributed by atoms with Crippen molar-refractivity contribution in [3.63, 3.8) is 0 Å². The van der Waals surface area contributed by atoms with Crippen LogP contribution in [-0.2, 0) is 0 Å². The van der Waals surface area contributed by atoms with Gasteiger partial charge >= 0.3 is 0 Å². The average Bonchev–Trinajstić information content (AvgIpc) is 2.67. The molecule has 2 nitrogen and oxygen atoms in total. The normalized spacial score (nSPS) is 12.8. The molecule has 3 aromatic rings. The van der Waals surface area contributed by atoms with E-state index in [4.69, 9.17) is 0 Å². The molecule has 4 rings (SSSR count). The van der Waals surface area contributed by atoms with Crippen molar-refractivity contribution in [1.82, 2.24) is 0 Å². The zero-order chi connectivity index (χ0) is 17.2. The summed E-state index contributed by atoms with van der Waals surface area (Å²) in [5, 5.41) is 9.28. The Kier molecular flexibility index (Phi) is 4.13. The van der Waals surface area contributed by atoms with E-state index in [2.05, 4.69) is 30.3 Å². The van der Waals surface area contributed by atoms with Gasteiger partial charge in [0.25, 0.3) is 0 Å². The third kappa shape index (κ3) is 2.86. The van der Waals surface area contributed by atoms with Crippen LogP contribution in [0.3, 0.4) is 0 Å². The standard InChI is InChI=1S/C22H15NOS/c23-14-15-7-1-2-8-16(15)20(24)13-19-17-9-3-5-11-21(17)25-22-12-6-4-10-18(19)22/h1-12,19H,13H2. The summed E-state index contributed by atoms with van der Waals surface area (Å²) in [4.78, 5) is 15.4. The zero-order valence-corrected chi connectivity index (χ0v) is 14.3. The van der Waals surface area contributed by atoms with Gasteiger partial charge in [0.2, 0.25) is 0 Å². The number of Topliss-reactive ketones (excluding diaryl/α,β-unsaturated/α-hetero) is 1. The molecule has 0 saturated heterocycles. The third-order valence-electron chi connectivity index (χ3n) is 4.55. The Labute approximate surface area is 151 Å². The summed E-state index contributed by atoms with van der Waals surface area (Å²) in [5.41, 5.74) is 3.33. The van der Waals surface area contributed by atoms with Crippen molar-refractivity contribution in [2.45, 2.75) is 22.1 Å².